The van der Waals surface area contributed by atoms with E-state index in [1.54, 1.807) is 0 Å². The summed E-state index contributed by atoms with van der Waals surface area (Å²) in [4.78, 5) is 37.3. The molecule has 0 saturated heterocycles. The van der Waals surface area contributed by atoms with E-state index in [-0.39, 0.29) is 38.6 Å². The molecule has 0 rings (SSSR count). The Morgan fingerprint density at radius 3 is 1.12 bits per heavy atom. The number of aliphatic carboxylic acids is 1. The normalized spacial score (nSPS) is 13.2. The molecule has 0 fully saturated rings. The van der Waals surface area contributed by atoms with Gasteiger partial charge in [-0.3, -0.25) is 9.59 Å². The van der Waals surface area contributed by atoms with Crippen molar-refractivity contribution in [2.45, 2.75) is 296 Å². The van der Waals surface area contributed by atoms with Crippen LogP contribution >= 0.6 is 0 Å². The summed E-state index contributed by atoms with van der Waals surface area (Å²) in [6, 6.07) is 0. The summed E-state index contributed by atoms with van der Waals surface area (Å²) >= 11 is 0. The molecule has 0 aliphatic heterocycles. The molecule has 9 heteroatoms. The zero-order valence-electron chi connectivity index (χ0n) is 50.8. The molecule has 0 aliphatic rings. The summed E-state index contributed by atoms with van der Waals surface area (Å²) < 4.78 is 22.7. The Bertz CT molecular complexity index is 1490. The number of carbonyl (C=O) groups is 3. The number of hydrogen-bond acceptors (Lipinski definition) is 8. The Balaban J connectivity index is 4.02. The number of rotatable bonds is 59. The molecule has 0 aliphatic carbocycles. The summed E-state index contributed by atoms with van der Waals surface area (Å²) in [7, 11) is 5.93. The number of carbonyl (C=O) groups excluding carboxylic acids is 3. The van der Waals surface area contributed by atoms with Crippen molar-refractivity contribution in [1.82, 2.24) is 0 Å². The lowest BCUT2D eigenvalue weighted by Gasteiger charge is -2.26. The molecule has 0 bridgehead atoms. The van der Waals surface area contributed by atoms with Gasteiger partial charge in [0.15, 0.2) is 12.4 Å². The van der Waals surface area contributed by atoms with E-state index in [2.05, 4.69) is 86.8 Å². The van der Waals surface area contributed by atoms with Gasteiger partial charge in [-0.05, 0) is 83.5 Å². The molecule has 0 spiro atoms. The lowest BCUT2D eigenvalue weighted by atomic mass is 10.0. The fraction of sp³-hybridized carbons (Fsp3) is 0.779. The number of carboxylic acid groups (broad SMARTS) is 1. The van der Waals surface area contributed by atoms with Gasteiger partial charge in [0, 0.05) is 12.8 Å². The van der Waals surface area contributed by atoms with Crippen LogP contribution in [0.25, 0.3) is 0 Å². The number of unbranched alkanes of at least 4 members (excludes halogenated alkanes) is 32. The predicted molar refractivity (Wildman–Crippen MR) is 325 cm³/mol. The van der Waals surface area contributed by atoms with Crippen LogP contribution in [0.5, 0.6) is 0 Å². The van der Waals surface area contributed by atoms with Gasteiger partial charge in [0.05, 0.1) is 40.3 Å². The van der Waals surface area contributed by atoms with Crippen molar-refractivity contribution < 1.29 is 42.9 Å². The first kappa shape index (κ1) is 73.7. The molecule has 77 heavy (non-hydrogen) atoms. The minimum absolute atomic E-state index is 0.147. The van der Waals surface area contributed by atoms with Crippen LogP contribution < -0.4 is 5.11 Å². The second kappa shape index (κ2) is 58.9. The molecular formula is C68H121NO8. The number of quaternary nitrogens is 1. The topological polar surface area (TPSA) is 111 Å². The van der Waals surface area contributed by atoms with Crippen molar-refractivity contribution in [3.63, 3.8) is 0 Å². The number of nitrogens with zero attached hydrogens (tertiary/aromatic N) is 1. The lowest BCUT2D eigenvalue weighted by molar-refractivity contribution is -0.870. The number of esters is 2. The third-order valence-electron chi connectivity index (χ3n) is 13.9. The average Bonchev–Trinajstić information content (AvgIpc) is 3.40. The van der Waals surface area contributed by atoms with Crippen molar-refractivity contribution in [3.05, 3.63) is 72.9 Å². The number of ether oxygens (including phenoxy) is 4. The molecule has 0 aromatic heterocycles. The van der Waals surface area contributed by atoms with Gasteiger partial charge in [0.1, 0.15) is 13.2 Å². The predicted octanol–water partition coefficient (Wildman–Crippen LogP) is 18.0. The molecule has 9 nitrogen and oxygen atoms in total. The van der Waals surface area contributed by atoms with Crippen LogP contribution in [0.1, 0.15) is 284 Å². The maximum Gasteiger partial charge on any atom is 0.306 e. The maximum absolute atomic E-state index is 12.9. The summed E-state index contributed by atoms with van der Waals surface area (Å²) in [6.07, 6.45) is 74.1. The van der Waals surface area contributed by atoms with E-state index in [4.69, 9.17) is 18.9 Å². The van der Waals surface area contributed by atoms with Crippen LogP contribution in [0, 0.1) is 0 Å². The van der Waals surface area contributed by atoms with Crippen molar-refractivity contribution in [2.24, 2.45) is 0 Å². The van der Waals surface area contributed by atoms with Gasteiger partial charge in [-0.2, -0.15) is 0 Å². The van der Waals surface area contributed by atoms with Gasteiger partial charge >= 0.3 is 11.9 Å². The Kier molecular flexibility index (Phi) is 56.4. The standard InChI is InChI=1S/C68H121NO8/c1-6-8-10-12-14-16-18-20-22-23-24-25-26-27-28-29-30-31-32-33-34-35-36-37-38-39-40-41-42-43-45-47-49-51-53-55-57-59-66(71)77-64(63-76-68(67(72)73)74-61-60-69(3,4)5)62-75-65(70)58-56-54-52-50-48-46-44-21-19-17-15-13-11-9-7-2/h8,10,14,16,20-22,24-25,27-28,44,64,68H,6-7,9,11-13,15,17-19,23,26,29-43,45-63H2,1-5H3/b10-8-,16-14-,22-20-,25-24-,28-27-,44-21-. The van der Waals surface area contributed by atoms with E-state index in [0.717, 1.165) is 83.5 Å². The highest BCUT2D eigenvalue weighted by atomic mass is 16.7. The largest absolute Gasteiger partial charge is 0.545 e. The molecule has 2 unspecified atom stereocenters. The van der Waals surface area contributed by atoms with E-state index in [0.29, 0.717) is 17.4 Å². The molecule has 0 amide bonds. The van der Waals surface area contributed by atoms with Crippen LogP contribution in [-0.4, -0.2) is 82.3 Å². The van der Waals surface area contributed by atoms with Crippen LogP contribution in [0.2, 0.25) is 0 Å². The zero-order valence-corrected chi connectivity index (χ0v) is 50.8. The molecule has 0 radical (unpaired) electrons. The quantitative estimate of drug-likeness (QED) is 0.0195. The molecule has 0 N–H and O–H groups in total. The third-order valence-corrected chi connectivity index (χ3v) is 13.9. The second-order valence-corrected chi connectivity index (χ2v) is 22.7. The van der Waals surface area contributed by atoms with E-state index in [1.165, 1.54) is 167 Å². The number of carboxylic acids is 1. The molecular weight excluding hydrogens is 959 g/mol. The van der Waals surface area contributed by atoms with Crippen LogP contribution in [0.15, 0.2) is 72.9 Å². The van der Waals surface area contributed by atoms with Gasteiger partial charge in [-0.15, -0.1) is 0 Å². The molecule has 0 aromatic rings. The van der Waals surface area contributed by atoms with Crippen LogP contribution in [0.4, 0.5) is 0 Å². The first-order chi connectivity index (χ1) is 37.6. The minimum atomic E-state index is -1.62. The number of hydrogen-bond donors (Lipinski definition) is 0. The van der Waals surface area contributed by atoms with Crippen LogP contribution in [-0.2, 0) is 33.3 Å². The fourth-order valence-corrected chi connectivity index (χ4v) is 9.03. The first-order valence-corrected chi connectivity index (χ1v) is 32.1. The van der Waals surface area contributed by atoms with Crippen molar-refractivity contribution in [3.8, 4) is 0 Å². The maximum atomic E-state index is 12.9. The van der Waals surface area contributed by atoms with E-state index < -0.39 is 24.3 Å². The summed E-state index contributed by atoms with van der Waals surface area (Å²) in [6.45, 7) is 4.64. The molecule has 0 heterocycles. The van der Waals surface area contributed by atoms with Crippen LogP contribution in [0.3, 0.4) is 0 Å². The molecule has 0 aromatic carbocycles. The fourth-order valence-electron chi connectivity index (χ4n) is 9.03. The van der Waals surface area contributed by atoms with Gasteiger partial charge in [-0.25, -0.2) is 0 Å². The van der Waals surface area contributed by atoms with E-state index in [1.807, 2.05) is 21.1 Å². The van der Waals surface area contributed by atoms with Gasteiger partial charge < -0.3 is 33.3 Å². The highest BCUT2D eigenvalue weighted by molar-refractivity contribution is 5.70. The molecule has 2 atom stereocenters. The Hall–Kier alpha value is -3.27. The zero-order chi connectivity index (χ0) is 56.2. The van der Waals surface area contributed by atoms with Gasteiger partial charge in [0.2, 0.25) is 0 Å². The first-order valence-electron chi connectivity index (χ1n) is 32.1. The lowest BCUT2D eigenvalue weighted by Crippen LogP contribution is -2.44. The SMILES string of the molecule is CC/C=C\C/C=C\C/C=C\C/C=C\C/C=C\CCCCCCCCCCCCCCCCCCCCCCCC(=O)OC(COC(=O)CCCCCCC/C=C\CCCCCCCC)COC(OCC[N+](C)(C)C)C(=O)[O-]. The Morgan fingerprint density at radius 1 is 0.403 bits per heavy atom. The Labute approximate surface area is 475 Å². The van der Waals surface area contributed by atoms with Crippen molar-refractivity contribution in [1.29, 1.82) is 0 Å². The molecule has 446 valence electrons. The van der Waals surface area contributed by atoms with E-state index >= 15 is 0 Å². The smallest absolute Gasteiger partial charge is 0.306 e. The number of allylic oxidation sites excluding steroid dienone is 12. The highest BCUT2D eigenvalue weighted by Crippen LogP contribution is 2.17. The van der Waals surface area contributed by atoms with Crippen molar-refractivity contribution in [2.75, 3.05) is 47.5 Å². The minimum Gasteiger partial charge on any atom is -0.545 e. The average molecular weight is 1080 g/mol. The highest BCUT2D eigenvalue weighted by Gasteiger charge is 2.22. The van der Waals surface area contributed by atoms with E-state index in [9.17, 15) is 19.5 Å². The summed E-state index contributed by atoms with van der Waals surface area (Å²) in [5, 5.41) is 11.8. The Morgan fingerprint density at radius 2 is 0.740 bits per heavy atom. The summed E-state index contributed by atoms with van der Waals surface area (Å²) in [5.41, 5.74) is 0. The summed E-state index contributed by atoms with van der Waals surface area (Å²) in [5.74, 6) is -2.28. The van der Waals surface area contributed by atoms with Gasteiger partial charge in [0.25, 0.3) is 0 Å². The second-order valence-electron chi connectivity index (χ2n) is 22.7. The van der Waals surface area contributed by atoms with Crippen molar-refractivity contribution >= 4 is 17.9 Å². The monoisotopic (exact) mass is 1080 g/mol. The third kappa shape index (κ3) is 60.2. The number of likely N-dealkylation sites (N-methyl/N-ethyl adjacent to an activating group) is 1. The van der Waals surface area contributed by atoms with Gasteiger partial charge in [-0.1, -0.05) is 260 Å². The molecule has 0 saturated carbocycles.